The molecule has 1 aromatic carbocycles. The van der Waals surface area contributed by atoms with E-state index in [1.807, 2.05) is 45.0 Å². The molecule has 98 valence electrons. The molecule has 18 heavy (non-hydrogen) atoms. The summed E-state index contributed by atoms with van der Waals surface area (Å²) in [5.41, 5.74) is 1.76. The van der Waals surface area contributed by atoms with Gasteiger partial charge in [-0.25, -0.2) is 0 Å². The molecule has 0 radical (unpaired) electrons. The number of benzene rings is 1. The number of Topliss-reactive ketones (excluding diaryl/α,β-unsaturated/α-hetero) is 1. The lowest BCUT2D eigenvalue weighted by Crippen LogP contribution is -2.45. The second-order valence-corrected chi connectivity index (χ2v) is 6.03. The lowest BCUT2D eigenvalue weighted by atomic mass is 9.79. The molecule has 2 heteroatoms. The first-order valence-electron chi connectivity index (χ1n) is 6.75. The molecular weight excluding hydrogens is 222 g/mol. The molecule has 0 aromatic heterocycles. The van der Waals surface area contributed by atoms with Gasteiger partial charge in [0, 0.05) is 5.56 Å². The summed E-state index contributed by atoms with van der Waals surface area (Å²) in [4.78, 5) is 14.4. The molecule has 1 aromatic rings. The van der Waals surface area contributed by atoms with E-state index in [1.165, 1.54) is 24.8 Å². The molecule has 1 saturated carbocycles. The lowest BCUT2D eigenvalue weighted by molar-refractivity contribution is 0.0755. The smallest absolute Gasteiger partial charge is 0.182 e. The fraction of sp³-hybridized carbons (Fsp3) is 0.562. The van der Waals surface area contributed by atoms with Gasteiger partial charge < -0.3 is 0 Å². The highest BCUT2D eigenvalue weighted by molar-refractivity contribution is 6.02. The van der Waals surface area contributed by atoms with E-state index in [0.29, 0.717) is 0 Å². The van der Waals surface area contributed by atoms with Crippen LogP contribution < -0.4 is 0 Å². The Morgan fingerprint density at radius 1 is 1.17 bits per heavy atom. The van der Waals surface area contributed by atoms with Gasteiger partial charge in [-0.3, -0.25) is 9.69 Å². The highest BCUT2D eigenvalue weighted by atomic mass is 16.1. The van der Waals surface area contributed by atoms with Gasteiger partial charge in [0.2, 0.25) is 0 Å². The maximum Gasteiger partial charge on any atom is 0.182 e. The number of carbonyl (C=O) groups excluding carboxylic acids is 1. The van der Waals surface area contributed by atoms with E-state index in [9.17, 15) is 4.79 Å². The molecule has 0 bridgehead atoms. The van der Waals surface area contributed by atoms with E-state index >= 15 is 0 Å². The van der Waals surface area contributed by atoms with Gasteiger partial charge in [0.15, 0.2) is 5.78 Å². The van der Waals surface area contributed by atoms with Gasteiger partial charge in [0.25, 0.3) is 0 Å². The van der Waals surface area contributed by atoms with Crippen LogP contribution in [0.4, 0.5) is 0 Å². The van der Waals surface area contributed by atoms with Crippen molar-refractivity contribution in [1.82, 2.24) is 4.90 Å². The third kappa shape index (κ3) is 2.35. The highest BCUT2D eigenvalue weighted by Crippen LogP contribution is 2.36. The zero-order valence-corrected chi connectivity index (χ0v) is 11.9. The van der Waals surface area contributed by atoms with Gasteiger partial charge in [-0.15, -0.1) is 0 Å². The van der Waals surface area contributed by atoms with E-state index < -0.39 is 5.54 Å². The van der Waals surface area contributed by atoms with Crippen LogP contribution in [0.3, 0.4) is 0 Å². The predicted octanol–water partition coefficient (Wildman–Crippen LogP) is 3.48. The van der Waals surface area contributed by atoms with Crippen molar-refractivity contribution in [3.63, 3.8) is 0 Å². The minimum atomic E-state index is -0.446. The molecule has 0 saturated heterocycles. The summed E-state index contributed by atoms with van der Waals surface area (Å²) < 4.78 is 0. The van der Waals surface area contributed by atoms with Crippen LogP contribution in [0, 0.1) is 0 Å². The average molecular weight is 245 g/mol. The first kappa shape index (κ1) is 13.3. The molecule has 0 heterocycles. The van der Waals surface area contributed by atoms with Crippen molar-refractivity contribution in [2.24, 2.45) is 0 Å². The van der Waals surface area contributed by atoms with Crippen molar-refractivity contribution in [1.29, 1.82) is 0 Å². The van der Waals surface area contributed by atoms with Crippen LogP contribution in [0.25, 0.3) is 0 Å². The molecule has 1 fully saturated rings. The Morgan fingerprint density at radius 2 is 1.72 bits per heavy atom. The van der Waals surface area contributed by atoms with E-state index in [-0.39, 0.29) is 5.78 Å². The molecule has 0 N–H and O–H groups in total. The summed E-state index contributed by atoms with van der Waals surface area (Å²) >= 11 is 0. The second-order valence-electron chi connectivity index (χ2n) is 6.03. The number of nitrogens with zero attached hydrogens (tertiary/aromatic N) is 1. The number of hydrogen-bond donors (Lipinski definition) is 0. The second kappa shape index (κ2) is 4.85. The molecule has 0 spiro atoms. The van der Waals surface area contributed by atoms with E-state index in [4.69, 9.17) is 0 Å². The quantitative estimate of drug-likeness (QED) is 0.757. The van der Waals surface area contributed by atoms with E-state index in [2.05, 4.69) is 12.1 Å². The van der Waals surface area contributed by atoms with Gasteiger partial charge in [-0.05, 0) is 52.3 Å². The molecule has 0 amide bonds. The third-order valence-electron chi connectivity index (χ3n) is 4.42. The SMILES string of the molecule is CN(C)C(C)(C)C(=O)c1ccc(C2CCC2)cc1. The van der Waals surface area contributed by atoms with Crippen molar-refractivity contribution in [2.45, 2.75) is 44.6 Å². The van der Waals surface area contributed by atoms with Gasteiger partial charge >= 0.3 is 0 Å². The molecule has 1 aliphatic carbocycles. The van der Waals surface area contributed by atoms with Crippen LogP contribution in [0.5, 0.6) is 0 Å². The molecule has 1 aliphatic rings. The molecule has 0 atom stereocenters. The van der Waals surface area contributed by atoms with Crippen molar-refractivity contribution in [3.8, 4) is 0 Å². The third-order valence-corrected chi connectivity index (χ3v) is 4.42. The fourth-order valence-electron chi connectivity index (χ4n) is 2.20. The minimum Gasteiger partial charge on any atom is -0.297 e. The van der Waals surface area contributed by atoms with Crippen LogP contribution in [0.15, 0.2) is 24.3 Å². The van der Waals surface area contributed by atoms with Crippen LogP contribution >= 0.6 is 0 Å². The summed E-state index contributed by atoms with van der Waals surface area (Å²) in [5, 5.41) is 0. The Hall–Kier alpha value is -1.15. The molecule has 0 unspecified atom stereocenters. The van der Waals surface area contributed by atoms with E-state index in [0.717, 1.165) is 11.5 Å². The largest absolute Gasteiger partial charge is 0.297 e. The number of ketones is 1. The summed E-state index contributed by atoms with van der Waals surface area (Å²) in [6.07, 6.45) is 3.95. The number of rotatable bonds is 4. The maximum atomic E-state index is 12.4. The van der Waals surface area contributed by atoms with Gasteiger partial charge in [0.05, 0.1) is 5.54 Å². The lowest BCUT2D eigenvalue weighted by Gasteiger charge is -2.31. The Balaban J connectivity index is 2.16. The topological polar surface area (TPSA) is 20.3 Å². The first-order valence-corrected chi connectivity index (χ1v) is 6.75. The summed E-state index contributed by atoms with van der Waals surface area (Å²) in [6.45, 7) is 3.93. The number of hydrogen-bond acceptors (Lipinski definition) is 2. The van der Waals surface area contributed by atoms with Gasteiger partial charge in [-0.1, -0.05) is 30.7 Å². The van der Waals surface area contributed by atoms with Gasteiger partial charge in [-0.2, -0.15) is 0 Å². The highest BCUT2D eigenvalue weighted by Gasteiger charge is 2.30. The molecule has 2 rings (SSSR count). The zero-order valence-electron chi connectivity index (χ0n) is 11.9. The standard InChI is InChI=1S/C16H23NO/c1-16(2,17(3)4)15(18)14-10-8-13(9-11-14)12-6-5-7-12/h8-12H,5-7H2,1-4H3. The van der Waals surface area contributed by atoms with Crippen LogP contribution in [0.1, 0.15) is 54.9 Å². The molecule has 0 aliphatic heterocycles. The average Bonchev–Trinajstić information content (AvgIpc) is 2.26. The van der Waals surface area contributed by atoms with Crippen LogP contribution in [0.2, 0.25) is 0 Å². The Morgan fingerprint density at radius 3 is 2.11 bits per heavy atom. The molecule has 2 nitrogen and oxygen atoms in total. The number of likely N-dealkylation sites (N-methyl/N-ethyl adjacent to an activating group) is 1. The van der Waals surface area contributed by atoms with E-state index in [1.54, 1.807) is 0 Å². The maximum absolute atomic E-state index is 12.4. The fourth-order valence-corrected chi connectivity index (χ4v) is 2.20. The van der Waals surface area contributed by atoms with Crippen molar-refractivity contribution in [2.75, 3.05) is 14.1 Å². The summed E-state index contributed by atoms with van der Waals surface area (Å²) in [7, 11) is 3.89. The predicted molar refractivity (Wildman–Crippen MR) is 75.1 cm³/mol. The number of carbonyl (C=O) groups is 1. The van der Waals surface area contributed by atoms with Crippen LogP contribution in [-0.2, 0) is 0 Å². The van der Waals surface area contributed by atoms with Crippen molar-refractivity contribution < 1.29 is 4.79 Å². The van der Waals surface area contributed by atoms with Crippen LogP contribution in [-0.4, -0.2) is 30.3 Å². The Labute approximate surface area is 110 Å². The minimum absolute atomic E-state index is 0.188. The van der Waals surface area contributed by atoms with Crippen molar-refractivity contribution >= 4 is 5.78 Å². The monoisotopic (exact) mass is 245 g/mol. The van der Waals surface area contributed by atoms with Gasteiger partial charge in [0.1, 0.15) is 0 Å². The van der Waals surface area contributed by atoms with Crippen molar-refractivity contribution in [3.05, 3.63) is 35.4 Å². The zero-order chi connectivity index (χ0) is 13.3. The summed E-state index contributed by atoms with van der Waals surface area (Å²) in [6, 6.07) is 8.23. The normalized spacial score (nSPS) is 16.7. The first-order chi connectivity index (χ1) is 8.43. The molecular formula is C16H23NO. The Bertz CT molecular complexity index is 427. The summed E-state index contributed by atoms with van der Waals surface area (Å²) in [5.74, 6) is 0.920. The Kier molecular flexibility index (Phi) is 3.58.